The first-order valence-electron chi connectivity index (χ1n) is 18.5. The number of benzene rings is 4. The first-order chi connectivity index (χ1) is 22.0. The Balaban J connectivity index is 1.83. The van der Waals surface area contributed by atoms with Crippen LogP contribution in [-0.2, 0) is 40.9 Å². The molecule has 252 valence electrons. The van der Waals surface area contributed by atoms with Crippen LogP contribution in [0.25, 0.3) is 0 Å². The van der Waals surface area contributed by atoms with Crippen molar-refractivity contribution in [3.05, 3.63) is 141 Å². The second-order valence-electron chi connectivity index (χ2n) is 16.8. The van der Waals surface area contributed by atoms with E-state index >= 15 is 0 Å². The quantitative estimate of drug-likeness (QED) is 0.130. The molecule has 0 spiro atoms. The van der Waals surface area contributed by atoms with Gasteiger partial charge in [0.15, 0.2) is 0 Å². The maximum atomic E-state index is 2.55. The molecule has 0 saturated heterocycles. The molecule has 0 aromatic heterocycles. The van der Waals surface area contributed by atoms with Crippen LogP contribution in [0, 0.1) is 0 Å². The minimum Gasteiger partial charge on any atom is -0.0646 e. The lowest BCUT2D eigenvalue weighted by molar-refractivity contribution is 0.504. The van der Waals surface area contributed by atoms with Crippen LogP contribution in [0.15, 0.2) is 84.9 Å². The van der Waals surface area contributed by atoms with Crippen LogP contribution in [0.5, 0.6) is 0 Å². The average molecular weight is 629 g/mol. The highest BCUT2D eigenvalue weighted by Crippen LogP contribution is 2.35. The zero-order valence-electron chi connectivity index (χ0n) is 32.0. The summed E-state index contributed by atoms with van der Waals surface area (Å²) in [6.07, 6.45) is 7.37. The fourth-order valence-corrected chi connectivity index (χ4v) is 6.43. The van der Waals surface area contributed by atoms with E-state index < -0.39 is 0 Å². The van der Waals surface area contributed by atoms with E-state index in [4.69, 9.17) is 0 Å². The van der Waals surface area contributed by atoms with Gasteiger partial charge >= 0.3 is 0 Å². The zero-order valence-corrected chi connectivity index (χ0v) is 32.0. The second kappa shape index (κ2) is 14.6. The molecule has 0 aliphatic rings. The van der Waals surface area contributed by atoms with Gasteiger partial charge in [-0.1, -0.05) is 168 Å². The van der Waals surface area contributed by atoms with Crippen molar-refractivity contribution in [3.63, 3.8) is 0 Å². The Labute approximate surface area is 289 Å². The second-order valence-corrected chi connectivity index (χ2v) is 16.8. The lowest BCUT2D eigenvalue weighted by Gasteiger charge is -2.27. The monoisotopic (exact) mass is 629 g/mol. The van der Waals surface area contributed by atoms with Crippen molar-refractivity contribution in [1.29, 1.82) is 0 Å². The summed E-state index contributed by atoms with van der Waals surface area (Å²) in [5.41, 5.74) is 15.1. The molecule has 0 heterocycles. The van der Waals surface area contributed by atoms with Gasteiger partial charge in [0.25, 0.3) is 0 Å². The molecule has 0 heteroatoms. The van der Waals surface area contributed by atoms with Gasteiger partial charge in [0, 0.05) is 0 Å². The van der Waals surface area contributed by atoms with Crippen molar-refractivity contribution < 1.29 is 0 Å². The van der Waals surface area contributed by atoms with Gasteiger partial charge in [0.05, 0.1) is 0 Å². The van der Waals surface area contributed by atoms with Gasteiger partial charge in [-0.15, -0.1) is 0 Å². The van der Waals surface area contributed by atoms with Crippen molar-refractivity contribution in [2.75, 3.05) is 0 Å². The predicted octanol–water partition coefficient (Wildman–Crippen LogP) is 13.2. The third kappa shape index (κ3) is 8.68. The van der Waals surface area contributed by atoms with Crippen LogP contribution in [-0.4, -0.2) is 0 Å². The average Bonchev–Trinajstić information content (AvgIpc) is 3.06. The lowest BCUT2D eigenvalue weighted by atomic mass is 9.78. The van der Waals surface area contributed by atoms with Gasteiger partial charge in [-0.05, 0) is 122 Å². The molecule has 0 aliphatic heterocycles. The minimum absolute atomic E-state index is 0.139. The van der Waals surface area contributed by atoms with Crippen molar-refractivity contribution in [2.24, 2.45) is 0 Å². The summed E-state index contributed by atoms with van der Waals surface area (Å²) in [7, 11) is 0. The van der Waals surface area contributed by atoms with Crippen molar-refractivity contribution in [1.82, 2.24) is 0 Å². The fourth-order valence-electron chi connectivity index (χ4n) is 6.43. The van der Waals surface area contributed by atoms with E-state index in [0.29, 0.717) is 0 Å². The smallest absolute Gasteiger partial charge is 0.00199 e. The first-order valence-corrected chi connectivity index (χ1v) is 18.5. The highest BCUT2D eigenvalue weighted by Gasteiger charge is 2.24. The van der Waals surface area contributed by atoms with Crippen molar-refractivity contribution in [3.8, 4) is 0 Å². The molecule has 0 fully saturated rings. The molecule has 0 N–H and O–H groups in total. The van der Waals surface area contributed by atoms with Crippen LogP contribution in [0.3, 0.4) is 0 Å². The third-order valence-electron chi connectivity index (χ3n) is 12.1. The molecule has 0 radical (unpaired) electrons. The Bertz CT molecular complexity index is 1520. The molecule has 0 nitrogen and oxygen atoms in total. The maximum Gasteiger partial charge on any atom is -0.00199 e. The van der Waals surface area contributed by atoms with Gasteiger partial charge in [-0.2, -0.15) is 0 Å². The summed E-state index contributed by atoms with van der Waals surface area (Å²) in [6, 6.07) is 33.5. The molecule has 4 rings (SSSR count). The van der Waals surface area contributed by atoms with Gasteiger partial charge in [-0.25, -0.2) is 0 Å². The Morgan fingerprint density at radius 2 is 0.660 bits per heavy atom. The minimum atomic E-state index is 0.139. The molecule has 0 atom stereocenters. The lowest BCUT2D eigenvalue weighted by Crippen LogP contribution is -2.18. The maximum absolute atomic E-state index is 2.55. The Morgan fingerprint density at radius 1 is 0.340 bits per heavy atom. The topological polar surface area (TPSA) is 0 Å². The summed E-state index contributed by atoms with van der Waals surface area (Å²) in [5, 5.41) is 0. The molecule has 0 aliphatic carbocycles. The number of rotatable bonds is 14. The summed E-state index contributed by atoms with van der Waals surface area (Å²) >= 11 is 0. The van der Waals surface area contributed by atoms with Crippen molar-refractivity contribution in [2.45, 2.75) is 150 Å². The number of hydrogen-bond donors (Lipinski definition) is 0. The van der Waals surface area contributed by atoms with Gasteiger partial charge < -0.3 is 0 Å². The van der Waals surface area contributed by atoms with E-state index in [2.05, 4.69) is 168 Å². The summed E-state index contributed by atoms with van der Waals surface area (Å²) < 4.78 is 0. The van der Waals surface area contributed by atoms with Crippen LogP contribution in [0.4, 0.5) is 0 Å². The Hall–Kier alpha value is -3.12. The molecular weight excluding hydrogens is 565 g/mol. The summed E-state index contributed by atoms with van der Waals surface area (Å²) in [5.74, 6) is 0. The molecule has 0 saturated carbocycles. The summed E-state index contributed by atoms with van der Waals surface area (Å²) in [4.78, 5) is 0. The summed E-state index contributed by atoms with van der Waals surface area (Å²) in [6.45, 7) is 28.3. The SMILES string of the molecule is CCC(C)(C)c1cccc(Cc2ccc(C(C)(C)CC)cc2Cc2cc(C(C)(C)CC)ccc2Cc2cccc(C(C)(C)CC)c2)c1. The Morgan fingerprint density at radius 3 is 0.979 bits per heavy atom. The van der Waals surface area contributed by atoms with E-state index in [1.165, 1.54) is 55.6 Å². The molecule has 4 aromatic carbocycles. The van der Waals surface area contributed by atoms with Crippen LogP contribution in [0.1, 0.15) is 164 Å². The van der Waals surface area contributed by atoms with Gasteiger partial charge in [0.2, 0.25) is 0 Å². The van der Waals surface area contributed by atoms with Crippen molar-refractivity contribution >= 4 is 0 Å². The predicted molar refractivity (Wildman–Crippen MR) is 207 cm³/mol. The molecular formula is C47H64. The highest BCUT2D eigenvalue weighted by atomic mass is 14.3. The molecule has 0 bridgehead atoms. The molecule has 0 amide bonds. The van der Waals surface area contributed by atoms with E-state index in [1.807, 2.05) is 0 Å². The zero-order chi connectivity index (χ0) is 34.6. The van der Waals surface area contributed by atoms with Crippen LogP contribution < -0.4 is 0 Å². The van der Waals surface area contributed by atoms with E-state index in [1.54, 1.807) is 0 Å². The van der Waals surface area contributed by atoms with Crippen LogP contribution in [0.2, 0.25) is 0 Å². The standard InChI is InChI=1S/C47H64/c1-13-44(5,6)40-21-17-19-34(29-40)27-36-23-25-42(46(9,10)15-3)32-38(36)31-39-33-43(47(11,12)16-4)26-24-37(39)28-35-20-18-22-41(30-35)45(7,8)14-2/h17-26,29-30,32-33H,13-16,27-28,31H2,1-12H3. The largest absolute Gasteiger partial charge is 0.0646 e. The third-order valence-corrected chi connectivity index (χ3v) is 12.1. The van der Waals surface area contributed by atoms with Crippen LogP contribution >= 0.6 is 0 Å². The normalized spacial score (nSPS) is 12.9. The van der Waals surface area contributed by atoms with E-state index in [0.717, 1.165) is 44.9 Å². The first kappa shape index (κ1) is 36.7. The number of hydrogen-bond acceptors (Lipinski definition) is 0. The van der Waals surface area contributed by atoms with E-state index in [-0.39, 0.29) is 21.7 Å². The van der Waals surface area contributed by atoms with Gasteiger partial charge in [0.1, 0.15) is 0 Å². The highest BCUT2D eigenvalue weighted by molar-refractivity contribution is 5.46. The molecule has 4 aromatic rings. The van der Waals surface area contributed by atoms with E-state index in [9.17, 15) is 0 Å². The molecule has 47 heavy (non-hydrogen) atoms. The molecule has 0 unspecified atom stereocenters. The van der Waals surface area contributed by atoms with Gasteiger partial charge in [-0.3, -0.25) is 0 Å². The Kier molecular flexibility index (Phi) is 11.4. The fraction of sp³-hybridized carbons (Fsp3) is 0.489.